The minimum atomic E-state index is 0.0426. The van der Waals surface area contributed by atoms with Gasteiger partial charge in [0, 0.05) is 19.8 Å². The van der Waals surface area contributed by atoms with Crippen molar-refractivity contribution in [2.75, 3.05) is 26.3 Å². The number of carbonyl (C=O) groups excluding carboxylic acids is 1. The monoisotopic (exact) mass is 228 g/mol. The molecule has 2 N–H and O–H groups in total. The maximum atomic E-state index is 11.6. The smallest absolute Gasteiger partial charge is 0.237 e. The molecule has 1 fully saturated rings. The number of ether oxygens (including phenoxy) is 1. The van der Waals surface area contributed by atoms with E-state index in [9.17, 15) is 4.79 Å². The third-order valence-corrected chi connectivity index (χ3v) is 2.78. The van der Waals surface area contributed by atoms with E-state index in [0.29, 0.717) is 0 Å². The van der Waals surface area contributed by atoms with Gasteiger partial charge in [0.1, 0.15) is 0 Å². The number of carbonyl (C=O) groups is 1. The molecule has 4 heteroatoms. The van der Waals surface area contributed by atoms with Gasteiger partial charge in [-0.25, -0.2) is 0 Å². The molecule has 1 amide bonds. The average Bonchev–Trinajstić information content (AvgIpc) is 2.81. The maximum Gasteiger partial charge on any atom is 0.237 e. The summed E-state index contributed by atoms with van der Waals surface area (Å²) >= 11 is 0. The van der Waals surface area contributed by atoms with Crippen LogP contribution in [0.2, 0.25) is 0 Å². The summed E-state index contributed by atoms with van der Waals surface area (Å²) < 4.78 is 5.41. The normalized spacial score (nSPS) is 19.9. The molecule has 0 aromatic heterocycles. The van der Waals surface area contributed by atoms with Crippen LogP contribution in [0.5, 0.6) is 0 Å². The molecule has 1 saturated heterocycles. The molecule has 0 spiro atoms. The van der Waals surface area contributed by atoms with Crippen molar-refractivity contribution in [1.82, 2.24) is 10.6 Å². The van der Waals surface area contributed by atoms with Gasteiger partial charge in [0.2, 0.25) is 5.91 Å². The van der Waals surface area contributed by atoms with Crippen molar-refractivity contribution >= 4 is 5.91 Å². The van der Waals surface area contributed by atoms with Crippen molar-refractivity contribution in [3.8, 4) is 0 Å². The van der Waals surface area contributed by atoms with E-state index in [-0.39, 0.29) is 11.9 Å². The number of hydrogen-bond donors (Lipinski definition) is 2. The van der Waals surface area contributed by atoms with Crippen molar-refractivity contribution in [2.24, 2.45) is 0 Å². The SMILES string of the molecule is CCCCOCCCNC(=O)C1CCCN1. The zero-order valence-electron chi connectivity index (χ0n) is 10.3. The highest BCUT2D eigenvalue weighted by atomic mass is 16.5. The molecule has 0 aliphatic carbocycles. The van der Waals surface area contributed by atoms with Gasteiger partial charge in [0.25, 0.3) is 0 Å². The van der Waals surface area contributed by atoms with E-state index in [1.807, 2.05) is 0 Å². The van der Waals surface area contributed by atoms with E-state index in [0.717, 1.165) is 52.0 Å². The Hall–Kier alpha value is -0.610. The van der Waals surface area contributed by atoms with Crippen molar-refractivity contribution < 1.29 is 9.53 Å². The van der Waals surface area contributed by atoms with Gasteiger partial charge in [-0.05, 0) is 32.2 Å². The molecule has 0 aromatic carbocycles. The van der Waals surface area contributed by atoms with Gasteiger partial charge in [0.05, 0.1) is 6.04 Å². The van der Waals surface area contributed by atoms with E-state index in [4.69, 9.17) is 4.74 Å². The third kappa shape index (κ3) is 5.47. The molecule has 1 unspecified atom stereocenters. The van der Waals surface area contributed by atoms with Crippen molar-refractivity contribution in [3.05, 3.63) is 0 Å². The van der Waals surface area contributed by atoms with Crippen LogP contribution in [0.3, 0.4) is 0 Å². The minimum Gasteiger partial charge on any atom is -0.381 e. The van der Waals surface area contributed by atoms with Gasteiger partial charge in [-0.3, -0.25) is 4.79 Å². The number of rotatable bonds is 8. The maximum absolute atomic E-state index is 11.6. The molecule has 1 atom stereocenters. The Morgan fingerprint density at radius 1 is 1.44 bits per heavy atom. The molecular formula is C12H24N2O2. The van der Waals surface area contributed by atoms with Crippen LogP contribution in [0.4, 0.5) is 0 Å². The topological polar surface area (TPSA) is 50.4 Å². The predicted octanol–water partition coefficient (Wildman–Crippen LogP) is 1.06. The van der Waals surface area contributed by atoms with Crippen molar-refractivity contribution in [1.29, 1.82) is 0 Å². The molecule has 0 aromatic rings. The Balaban J connectivity index is 1.88. The van der Waals surface area contributed by atoms with E-state index in [1.54, 1.807) is 0 Å². The van der Waals surface area contributed by atoms with Crippen LogP contribution in [0.15, 0.2) is 0 Å². The Morgan fingerprint density at radius 2 is 2.25 bits per heavy atom. The second-order valence-corrected chi connectivity index (χ2v) is 4.26. The molecule has 0 bridgehead atoms. The van der Waals surface area contributed by atoms with Crippen molar-refractivity contribution in [3.63, 3.8) is 0 Å². The molecular weight excluding hydrogens is 204 g/mol. The highest BCUT2D eigenvalue weighted by Gasteiger charge is 2.20. The Morgan fingerprint density at radius 3 is 2.94 bits per heavy atom. The zero-order chi connectivity index (χ0) is 11.6. The number of nitrogens with one attached hydrogen (secondary N) is 2. The fourth-order valence-corrected chi connectivity index (χ4v) is 1.77. The highest BCUT2D eigenvalue weighted by Crippen LogP contribution is 2.04. The molecule has 4 nitrogen and oxygen atoms in total. The molecule has 1 heterocycles. The van der Waals surface area contributed by atoms with E-state index >= 15 is 0 Å². The van der Waals surface area contributed by atoms with E-state index in [1.165, 1.54) is 6.42 Å². The summed E-state index contributed by atoms with van der Waals surface area (Å²) in [5.41, 5.74) is 0. The molecule has 16 heavy (non-hydrogen) atoms. The third-order valence-electron chi connectivity index (χ3n) is 2.78. The summed E-state index contributed by atoms with van der Waals surface area (Å²) in [5.74, 6) is 0.144. The van der Waals surface area contributed by atoms with Gasteiger partial charge in [-0.2, -0.15) is 0 Å². The zero-order valence-corrected chi connectivity index (χ0v) is 10.3. The van der Waals surface area contributed by atoms with Crippen LogP contribution in [0.25, 0.3) is 0 Å². The number of unbranched alkanes of at least 4 members (excludes halogenated alkanes) is 1. The molecule has 0 radical (unpaired) electrons. The lowest BCUT2D eigenvalue weighted by molar-refractivity contribution is -0.122. The van der Waals surface area contributed by atoms with Gasteiger partial charge in [-0.15, -0.1) is 0 Å². The summed E-state index contributed by atoms with van der Waals surface area (Å²) in [6.07, 6.45) is 5.28. The van der Waals surface area contributed by atoms with Gasteiger partial charge in [-0.1, -0.05) is 13.3 Å². The van der Waals surface area contributed by atoms with E-state index in [2.05, 4.69) is 17.6 Å². The molecule has 1 aliphatic heterocycles. The first-order chi connectivity index (χ1) is 7.84. The van der Waals surface area contributed by atoms with Crippen LogP contribution >= 0.6 is 0 Å². The van der Waals surface area contributed by atoms with Gasteiger partial charge < -0.3 is 15.4 Å². The average molecular weight is 228 g/mol. The number of hydrogen-bond acceptors (Lipinski definition) is 3. The van der Waals surface area contributed by atoms with Gasteiger partial charge >= 0.3 is 0 Å². The minimum absolute atomic E-state index is 0.0426. The fraction of sp³-hybridized carbons (Fsp3) is 0.917. The van der Waals surface area contributed by atoms with Crippen LogP contribution in [-0.4, -0.2) is 38.3 Å². The Labute approximate surface area is 98.1 Å². The van der Waals surface area contributed by atoms with Crippen LogP contribution in [-0.2, 0) is 9.53 Å². The predicted molar refractivity (Wildman–Crippen MR) is 64.4 cm³/mol. The first-order valence-corrected chi connectivity index (χ1v) is 6.43. The first kappa shape index (κ1) is 13.5. The number of amides is 1. The van der Waals surface area contributed by atoms with Crippen LogP contribution in [0, 0.1) is 0 Å². The van der Waals surface area contributed by atoms with Crippen molar-refractivity contribution in [2.45, 2.75) is 45.1 Å². The fourth-order valence-electron chi connectivity index (χ4n) is 1.77. The summed E-state index contributed by atoms with van der Waals surface area (Å²) in [5, 5.41) is 6.12. The summed E-state index contributed by atoms with van der Waals surface area (Å²) in [7, 11) is 0. The summed E-state index contributed by atoms with van der Waals surface area (Å²) in [6, 6.07) is 0.0426. The molecule has 1 rings (SSSR count). The Bertz CT molecular complexity index is 191. The second-order valence-electron chi connectivity index (χ2n) is 4.26. The van der Waals surface area contributed by atoms with Crippen LogP contribution < -0.4 is 10.6 Å². The quantitative estimate of drug-likeness (QED) is 0.611. The lowest BCUT2D eigenvalue weighted by Crippen LogP contribution is -2.40. The highest BCUT2D eigenvalue weighted by molar-refractivity contribution is 5.81. The second kappa shape index (κ2) is 8.53. The lowest BCUT2D eigenvalue weighted by atomic mass is 10.2. The summed E-state index contributed by atoms with van der Waals surface area (Å²) in [4.78, 5) is 11.6. The standard InChI is InChI=1S/C12H24N2O2/c1-2-3-9-16-10-5-8-14-12(15)11-6-4-7-13-11/h11,13H,2-10H2,1H3,(H,14,15). The van der Waals surface area contributed by atoms with Gasteiger partial charge in [0.15, 0.2) is 0 Å². The first-order valence-electron chi connectivity index (χ1n) is 6.43. The molecule has 94 valence electrons. The van der Waals surface area contributed by atoms with Crippen LogP contribution in [0.1, 0.15) is 39.0 Å². The summed E-state index contributed by atoms with van der Waals surface area (Å²) in [6.45, 7) is 5.44. The van der Waals surface area contributed by atoms with E-state index < -0.39 is 0 Å². The largest absolute Gasteiger partial charge is 0.381 e. The molecule has 0 saturated carbocycles. The molecule has 1 aliphatic rings. The Kier molecular flexibility index (Phi) is 7.17. The lowest BCUT2D eigenvalue weighted by Gasteiger charge is -2.10.